The summed E-state index contributed by atoms with van der Waals surface area (Å²) in [5.74, 6) is 0.217. The maximum absolute atomic E-state index is 13.2. The van der Waals surface area contributed by atoms with E-state index in [9.17, 15) is 9.59 Å². The number of ether oxygens (including phenoxy) is 2. The number of hydrogen-bond donors (Lipinski definition) is 1. The van der Waals surface area contributed by atoms with Crippen molar-refractivity contribution in [3.8, 4) is 11.5 Å². The van der Waals surface area contributed by atoms with Crippen LogP contribution in [0.5, 0.6) is 11.5 Å². The van der Waals surface area contributed by atoms with Crippen LogP contribution in [0.25, 0.3) is 0 Å². The minimum absolute atomic E-state index is 0.137. The van der Waals surface area contributed by atoms with Crippen molar-refractivity contribution in [3.05, 3.63) is 71.9 Å². The number of nitrogens with one attached hydrogen (secondary N) is 1. The number of rotatable bonds is 6. The van der Waals surface area contributed by atoms with Gasteiger partial charge in [0.05, 0.1) is 12.2 Å². The van der Waals surface area contributed by atoms with Crippen LogP contribution in [0.4, 0.5) is 5.82 Å². The zero-order valence-electron chi connectivity index (χ0n) is 17.7. The fourth-order valence-corrected chi connectivity index (χ4v) is 3.62. The van der Waals surface area contributed by atoms with Crippen LogP contribution in [0.15, 0.2) is 60.8 Å². The van der Waals surface area contributed by atoms with Gasteiger partial charge in [-0.1, -0.05) is 43.3 Å². The van der Waals surface area contributed by atoms with E-state index in [0.717, 1.165) is 6.42 Å². The minimum atomic E-state index is -0.977. The molecule has 2 atom stereocenters. The molecule has 0 fully saturated rings. The van der Waals surface area contributed by atoms with Crippen molar-refractivity contribution in [2.45, 2.75) is 45.3 Å². The first-order chi connectivity index (χ1) is 15.0. The lowest BCUT2D eigenvalue weighted by Gasteiger charge is -2.27. The van der Waals surface area contributed by atoms with Gasteiger partial charge in [-0.05, 0) is 32.4 Å². The summed E-state index contributed by atoms with van der Waals surface area (Å²) in [6, 6.07) is 16.6. The molecular weight excluding hydrogens is 394 g/mol. The molecule has 0 saturated carbocycles. The van der Waals surface area contributed by atoms with Gasteiger partial charge in [-0.2, -0.15) is 5.10 Å². The van der Waals surface area contributed by atoms with E-state index in [4.69, 9.17) is 9.47 Å². The molecule has 7 heteroatoms. The molecule has 0 radical (unpaired) electrons. The molecule has 7 nitrogen and oxygen atoms in total. The normalized spacial score (nSPS) is 14.5. The first kappa shape index (κ1) is 20.7. The second kappa shape index (κ2) is 8.63. The fourth-order valence-electron chi connectivity index (χ4n) is 3.62. The number of para-hydroxylation sites is 2. The molecule has 2 aromatic carbocycles. The molecule has 3 aromatic rings. The Balaban J connectivity index is 1.52. The van der Waals surface area contributed by atoms with Crippen molar-refractivity contribution < 1.29 is 19.1 Å². The summed E-state index contributed by atoms with van der Waals surface area (Å²) >= 11 is 0. The molecule has 160 valence electrons. The Morgan fingerprint density at radius 1 is 1.06 bits per heavy atom. The first-order valence-corrected chi connectivity index (χ1v) is 10.4. The fraction of sp³-hybridized carbons (Fsp3) is 0.292. The predicted octanol–water partition coefficient (Wildman–Crippen LogP) is 4.66. The lowest BCUT2D eigenvalue weighted by molar-refractivity contribution is -0.153. The van der Waals surface area contributed by atoms with Crippen molar-refractivity contribution in [1.82, 2.24) is 9.78 Å². The van der Waals surface area contributed by atoms with E-state index < -0.39 is 23.9 Å². The summed E-state index contributed by atoms with van der Waals surface area (Å²) in [5, 5.41) is 7.08. The molecule has 0 bridgehead atoms. The molecule has 0 saturated heterocycles. The summed E-state index contributed by atoms with van der Waals surface area (Å²) in [6.45, 7) is 5.63. The summed E-state index contributed by atoms with van der Waals surface area (Å²) in [4.78, 5) is 25.9. The van der Waals surface area contributed by atoms with Crippen LogP contribution in [0, 0.1) is 0 Å². The molecular formula is C24H25N3O4. The van der Waals surface area contributed by atoms with Crippen molar-refractivity contribution in [3.63, 3.8) is 0 Å². The van der Waals surface area contributed by atoms with Gasteiger partial charge in [0.15, 0.2) is 6.10 Å². The number of esters is 1. The van der Waals surface area contributed by atoms with Crippen molar-refractivity contribution in [2.75, 3.05) is 5.32 Å². The van der Waals surface area contributed by atoms with Gasteiger partial charge in [-0.3, -0.25) is 9.59 Å². The largest absolute Gasteiger partial charge is 0.457 e. The highest BCUT2D eigenvalue weighted by Crippen LogP contribution is 2.44. The quantitative estimate of drug-likeness (QED) is 0.588. The van der Waals surface area contributed by atoms with Gasteiger partial charge in [0.2, 0.25) is 0 Å². The second-order valence-corrected chi connectivity index (χ2v) is 7.60. The second-order valence-electron chi connectivity index (χ2n) is 7.60. The monoisotopic (exact) mass is 419 g/mol. The number of carbonyl (C=O) groups excluding carboxylic acids is 2. The highest BCUT2D eigenvalue weighted by Gasteiger charge is 2.35. The molecule has 1 aliphatic heterocycles. The Labute approximate surface area is 181 Å². The number of fused-ring (bicyclic) bond motifs is 2. The zero-order chi connectivity index (χ0) is 22.0. The highest BCUT2D eigenvalue weighted by atomic mass is 16.5. The van der Waals surface area contributed by atoms with Crippen LogP contribution < -0.4 is 10.1 Å². The van der Waals surface area contributed by atoms with Crippen LogP contribution in [-0.2, 0) is 14.3 Å². The molecule has 1 N–H and O–H groups in total. The lowest BCUT2D eigenvalue weighted by Crippen LogP contribution is -2.33. The Morgan fingerprint density at radius 3 is 2.29 bits per heavy atom. The maximum atomic E-state index is 13.2. The third-order valence-electron chi connectivity index (χ3n) is 5.51. The number of nitrogens with zero attached hydrogens (tertiary/aromatic N) is 2. The zero-order valence-corrected chi connectivity index (χ0v) is 17.7. The number of amides is 1. The van der Waals surface area contributed by atoms with Gasteiger partial charge in [-0.25, -0.2) is 4.68 Å². The van der Waals surface area contributed by atoms with Gasteiger partial charge in [0, 0.05) is 17.2 Å². The first-order valence-electron chi connectivity index (χ1n) is 10.4. The van der Waals surface area contributed by atoms with Crippen molar-refractivity contribution in [2.24, 2.45) is 0 Å². The average Bonchev–Trinajstić information content (AvgIpc) is 3.24. The smallest absolute Gasteiger partial charge is 0.318 e. The molecule has 2 heterocycles. The van der Waals surface area contributed by atoms with Crippen LogP contribution in [0.2, 0.25) is 0 Å². The lowest BCUT2D eigenvalue weighted by atomic mass is 9.88. The maximum Gasteiger partial charge on any atom is 0.318 e. The summed E-state index contributed by atoms with van der Waals surface area (Å²) in [5.41, 5.74) is 1.43. The van der Waals surface area contributed by atoms with Gasteiger partial charge in [0.1, 0.15) is 23.2 Å². The number of carbonyl (C=O) groups is 2. The van der Waals surface area contributed by atoms with Crippen LogP contribution in [-0.4, -0.2) is 27.8 Å². The Bertz CT molecular complexity index is 1060. The standard InChI is InChI=1S/C24H25N3O4/c1-4-15(2)27-21(13-14-25-27)26-23(28)16(3)30-24(29)22-17-9-5-7-11-19(17)31-20-12-8-6-10-18(20)22/h5-16,22H,4H2,1-3H3,(H,26,28)/t15-,16+/m1/s1. The summed E-state index contributed by atoms with van der Waals surface area (Å²) in [6.07, 6.45) is 1.53. The Morgan fingerprint density at radius 2 is 1.68 bits per heavy atom. The van der Waals surface area contributed by atoms with E-state index in [1.807, 2.05) is 62.4 Å². The third-order valence-corrected chi connectivity index (χ3v) is 5.51. The van der Waals surface area contributed by atoms with Gasteiger partial charge in [-0.15, -0.1) is 0 Å². The van der Waals surface area contributed by atoms with E-state index in [-0.39, 0.29) is 6.04 Å². The van der Waals surface area contributed by atoms with Gasteiger partial charge in [0.25, 0.3) is 5.91 Å². The number of hydrogen-bond acceptors (Lipinski definition) is 5. The SMILES string of the molecule is CC[C@@H](C)n1nccc1NC(=O)[C@H](C)OC(=O)C1c2ccccc2Oc2ccccc21. The average molecular weight is 419 g/mol. The summed E-state index contributed by atoms with van der Waals surface area (Å²) in [7, 11) is 0. The van der Waals surface area contributed by atoms with E-state index in [0.29, 0.717) is 28.4 Å². The molecule has 1 aromatic heterocycles. The molecule has 0 unspecified atom stereocenters. The van der Waals surface area contributed by atoms with Crippen LogP contribution in [0.3, 0.4) is 0 Å². The van der Waals surface area contributed by atoms with Gasteiger partial charge >= 0.3 is 5.97 Å². The van der Waals surface area contributed by atoms with E-state index in [1.54, 1.807) is 23.9 Å². The van der Waals surface area contributed by atoms with E-state index >= 15 is 0 Å². The van der Waals surface area contributed by atoms with E-state index in [2.05, 4.69) is 10.4 Å². The topological polar surface area (TPSA) is 82.5 Å². The Kier molecular flexibility index (Phi) is 5.75. The highest BCUT2D eigenvalue weighted by molar-refractivity contribution is 5.95. The minimum Gasteiger partial charge on any atom is -0.457 e. The van der Waals surface area contributed by atoms with Crippen molar-refractivity contribution >= 4 is 17.7 Å². The molecule has 1 aliphatic rings. The van der Waals surface area contributed by atoms with Crippen LogP contribution in [0.1, 0.15) is 50.3 Å². The third kappa shape index (κ3) is 4.03. The number of benzene rings is 2. The molecule has 4 rings (SSSR count). The predicted molar refractivity (Wildman–Crippen MR) is 116 cm³/mol. The van der Waals surface area contributed by atoms with Crippen LogP contribution >= 0.6 is 0 Å². The Hall–Kier alpha value is -3.61. The molecule has 31 heavy (non-hydrogen) atoms. The number of aromatic nitrogens is 2. The molecule has 1 amide bonds. The van der Waals surface area contributed by atoms with Gasteiger partial charge < -0.3 is 14.8 Å². The number of anilines is 1. The molecule has 0 spiro atoms. The van der Waals surface area contributed by atoms with Crippen molar-refractivity contribution in [1.29, 1.82) is 0 Å². The molecule has 0 aliphatic carbocycles. The van der Waals surface area contributed by atoms with E-state index in [1.165, 1.54) is 0 Å². The summed E-state index contributed by atoms with van der Waals surface area (Å²) < 4.78 is 13.3.